The van der Waals surface area contributed by atoms with Crippen molar-refractivity contribution in [3.8, 4) is 28.4 Å². The Hall–Kier alpha value is -3.18. The summed E-state index contributed by atoms with van der Waals surface area (Å²) >= 11 is 0. The van der Waals surface area contributed by atoms with E-state index in [9.17, 15) is 5.11 Å². The number of rotatable bonds is 3. The van der Waals surface area contributed by atoms with Gasteiger partial charge in [-0.3, -0.25) is 0 Å². The molecule has 0 saturated carbocycles. The maximum Gasteiger partial charge on any atom is 0.170 e. The highest BCUT2D eigenvalue weighted by Gasteiger charge is 2.15. The lowest BCUT2D eigenvalue weighted by molar-refractivity contribution is 0.474. The second-order valence-corrected chi connectivity index (χ2v) is 6.09. The monoisotopic (exact) mass is 330 g/mol. The van der Waals surface area contributed by atoms with Crippen LogP contribution < -0.4 is 5.73 Å². The second-order valence-electron chi connectivity index (χ2n) is 6.09. The molecule has 2 aromatic heterocycles. The zero-order valence-electron chi connectivity index (χ0n) is 13.8. The molecule has 25 heavy (non-hydrogen) atoms. The number of benzene rings is 2. The Kier molecular flexibility index (Phi) is 3.71. The van der Waals surface area contributed by atoms with Crippen LogP contribution in [-0.2, 0) is 6.54 Å². The molecule has 0 aliphatic rings. The minimum absolute atomic E-state index is 0.0666. The van der Waals surface area contributed by atoms with Crippen molar-refractivity contribution in [1.29, 1.82) is 0 Å². The van der Waals surface area contributed by atoms with Gasteiger partial charge < -0.3 is 15.8 Å². The number of aryl methyl sites for hydroxylation is 1. The molecular weight excluding hydrogens is 312 g/mol. The molecule has 4 rings (SSSR count). The maximum atomic E-state index is 10.7. The van der Waals surface area contributed by atoms with Crippen molar-refractivity contribution >= 4 is 10.9 Å². The Morgan fingerprint density at radius 3 is 2.52 bits per heavy atom. The first-order valence-electron chi connectivity index (χ1n) is 8.09. The van der Waals surface area contributed by atoms with Crippen LogP contribution >= 0.6 is 0 Å². The largest absolute Gasteiger partial charge is 0.504 e. The smallest absolute Gasteiger partial charge is 0.170 e. The van der Waals surface area contributed by atoms with E-state index in [2.05, 4.69) is 15.0 Å². The average molecular weight is 330 g/mol. The molecule has 5 heteroatoms. The molecule has 2 aromatic carbocycles. The number of H-pyrrole nitrogens is 1. The number of fused-ring (bicyclic) bond motifs is 1. The summed E-state index contributed by atoms with van der Waals surface area (Å²) in [5.41, 5.74) is 11.5. The SMILES string of the molecule is Cc1ccc(-c2ncnc(-c3cc4cc(CN)ccc4[nH]3)c2O)cc1. The lowest BCUT2D eigenvalue weighted by Gasteiger charge is -2.07. The first kappa shape index (κ1) is 15.4. The minimum atomic E-state index is 0.0666. The van der Waals surface area contributed by atoms with E-state index in [0.717, 1.165) is 33.3 Å². The van der Waals surface area contributed by atoms with Gasteiger partial charge in [0.2, 0.25) is 0 Å². The van der Waals surface area contributed by atoms with Gasteiger partial charge in [-0.2, -0.15) is 0 Å². The molecule has 0 unspecified atom stereocenters. The average Bonchev–Trinajstić information content (AvgIpc) is 3.05. The highest BCUT2D eigenvalue weighted by molar-refractivity contribution is 5.88. The third-order valence-corrected chi connectivity index (χ3v) is 4.32. The first-order valence-corrected chi connectivity index (χ1v) is 8.09. The summed E-state index contributed by atoms with van der Waals surface area (Å²) in [5, 5.41) is 11.8. The van der Waals surface area contributed by atoms with E-state index >= 15 is 0 Å². The van der Waals surface area contributed by atoms with Crippen molar-refractivity contribution in [2.75, 3.05) is 0 Å². The zero-order chi connectivity index (χ0) is 17.4. The van der Waals surface area contributed by atoms with Gasteiger partial charge in [-0.05, 0) is 30.7 Å². The van der Waals surface area contributed by atoms with Crippen LogP contribution in [0.3, 0.4) is 0 Å². The van der Waals surface area contributed by atoms with Crippen molar-refractivity contribution in [3.05, 3.63) is 66.0 Å². The van der Waals surface area contributed by atoms with Gasteiger partial charge in [0, 0.05) is 23.0 Å². The molecule has 0 radical (unpaired) electrons. The van der Waals surface area contributed by atoms with Crippen molar-refractivity contribution in [2.24, 2.45) is 5.73 Å². The van der Waals surface area contributed by atoms with Crippen LogP contribution in [0.5, 0.6) is 5.75 Å². The van der Waals surface area contributed by atoms with E-state index in [-0.39, 0.29) is 5.75 Å². The number of nitrogens with two attached hydrogens (primary N) is 1. The Morgan fingerprint density at radius 2 is 1.76 bits per heavy atom. The van der Waals surface area contributed by atoms with Crippen LogP contribution in [0.1, 0.15) is 11.1 Å². The molecule has 4 N–H and O–H groups in total. The van der Waals surface area contributed by atoms with Gasteiger partial charge in [0.25, 0.3) is 0 Å². The van der Waals surface area contributed by atoms with E-state index in [0.29, 0.717) is 17.9 Å². The Balaban J connectivity index is 1.83. The van der Waals surface area contributed by atoms with Gasteiger partial charge in [-0.15, -0.1) is 0 Å². The van der Waals surface area contributed by atoms with Gasteiger partial charge in [0.15, 0.2) is 5.75 Å². The quantitative estimate of drug-likeness (QED) is 0.533. The molecule has 2 heterocycles. The van der Waals surface area contributed by atoms with Crippen LogP contribution in [0.25, 0.3) is 33.5 Å². The number of aromatic hydroxyl groups is 1. The number of nitrogens with zero attached hydrogens (tertiary/aromatic N) is 2. The molecule has 0 aliphatic heterocycles. The third kappa shape index (κ3) is 2.75. The molecular formula is C20H18N4O. The summed E-state index contributed by atoms with van der Waals surface area (Å²) in [6.07, 6.45) is 1.47. The normalized spacial score (nSPS) is 11.1. The Morgan fingerprint density at radius 1 is 1.00 bits per heavy atom. The van der Waals surface area contributed by atoms with Gasteiger partial charge in [-0.25, -0.2) is 9.97 Å². The molecule has 5 nitrogen and oxygen atoms in total. The van der Waals surface area contributed by atoms with Crippen molar-refractivity contribution in [1.82, 2.24) is 15.0 Å². The molecule has 0 aliphatic carbocycles. The molecule has 0 saturated heterocycles. The Bertz CT molecular complexity index is 1050. The standard InChI is InChI=1S/C20H18N4O/c1-12-2-5-14(6-3-12)18-20(25)19(23-11-22-18)17-9-15-8-13(10-21)4-7-16(15)24-17/h2-9,11,24-25H,10,21H2,1H3. The molecule has 4 aromatic rings. The number of aromatic amines is 1. The predicted octanol–water partition coefficient (Wildman–Crippen LogP) is 3.76. The molecule has 0 fully saturated rings. The van der Waals surface area contributed by atoms with Crippen LogP contribution in [0.15, 0.2) is 54.9 Å². The Labute approximate surface area is 145 Å². The van der Waals surface area contributed by atoms with Crippen LogP contribution in [-0.4, -0.2) is 20.1 Å². The van der Waals surface area contributed by atoms with Crippen molar-refractivity contribution in [3.63, 3.8) is 0 Å². The van der Waals surface area contributed by atoms with E-state index in [1.165, 1.54) is 6.33 Å². The molecule has 0 spiro atoms. The fourth-order valence-electron chi connectivity index (χ4n) is 2.94. The molecule has 0 atom stereocenters. The molecule has 0 bridgehead atoms. The zero-order valence-corrected chi connectivity index (χ0v) is 13.8. The summed E-state index contributed by atoms with van der Waals surface area (Å²) < 4.78 is 0. The maximum absolute atomic E-state index is 10.7. The highest BCUT2D eigenvalue weighted by Crippen LogP contribution is 2.35. The van der Waals surface area contributed by atoms with Gasteiger partial charge in [0.05, 0.1) is 5.69 Å². The summed E-state index contributed by atoms with van der Waals surface area (Å²) in [4.78, 5) is 11.8. The minimum Gasteiger partial charge on any atom is -0.504 e. The molecule has 124 valence electrons. The summed E-state index contributed by atoms with van der Waals surface area (Å²) in [7, 11) is 0. The number of hydrogen-bond donors (Lipinski definition) is 3. The van der Waals surface area contributed by atoms with Gasteiger partial charge >= 0.3 is 0 Å². The second kappa shape index (κ2) is 6.03. The number of hydrogen-bond acceptors (Lipinski definition) is 4. The fraction of sp³-hybridized carbons (Fsp3) is 0.100. The summed E-state index contributed by atoms with van der Waals surface area (Å²) in [5.74, 6) is 0.0666. The van der Waals surface area contributed by atoms with Crippen LogP contribution in [0.2, 0.25) is 0 Å². The van der Waals surface area contributed by atoms with E-state index in [1.807, 2.05) is 55.5 Å². The first-order chi connectivity index (χ1) is 12.2. The number of nitrogens with one attached hydrogen (secondary N) is 1. The lowest BCUT2D eigenvalue weighted by atomic mass is 10.1. The number of aromatic nitrogens is 3. The summed E-state index contributed by atoms with van der Waals surface area (Å²) in [6, 6.07) is 15.9. The lowest BCUT2D eigenvalue weighted by Crippen LogP contribution is -1.94. The highest BCUT2D eigenvalue weighted by atomic mass is 16.3. The predicted molar refractivity (Wildman–Crippen MR) is 99.1 cm³/mol. The third-order valence-electron chi connectivity index (χ3n) is 4.32. The van der Waals surface area contributed by atoms with E-state index in [4.69, 9.17) is 5.73 Å². The van der Waals surface area contributed by atoms with Gasteiger partial charge in [0.1, 0.15) is 17.7 Å². The van der Waals surface area contributed by atoms with Crippen molar-refractivity contribution < 1.29 is 5.11 Å². The van der Waals surface area contributed by atoms with Gasteiger partial charge in [-0.1, -0.05) is 35.9 Å². The van der Waals surface area contributed by atoms with Crippen molar-refractivity contribution in [2.45, 2.75) is 13.5 Å². The topological polar surface area (TPSA) is 87.8 Å². The summed E-state index contributed by atoms with van der Waals surface area (Å²) in [6.45, 7) is 2.52. The van der Waals surface area contributed by atoms with E-state index < -0.39 is 0 Å². The van der Waals surface area contributed by atoms with Crippen LogP contribution in [0.4, 0.5) is 0 Å². The molecule has 0 amide bonds. The van der Waals surface area contributed by atoms with Crippen LogP contribution in [0, 0.1) is 6.92 Å². The fourth-order valence-corrected chi connectivity index (χ4v) is 2.94. The van der Waals surface area contributed by atoms with E-state index in [1.54, 1.807) is 0 Å².